The molecule has 0 spiro atoms. The molecule has 9 nitrogen and oxygen atoms in total. The Morgan fingerprint density at radius 2 is 1.78 bits per heavy atom. The number of sulfonamides is 1. The number of hydrogen-bond donors (Lipinski definition) is 1. The van der Waals surface area contributed by atoms with Crippen LogP contribution >= 0.6 is 0 Å². The van der Waals surface area contributed by atoms with Gasteiger partial charge in [0.25, 0.3) is 0 Å². The van der Waals surface area contributed by atoms with Gasteiger partial charge in [-0.2, -0.15) is 17.5 Å². The van der Waals surface area contributed by atoms with Crippen LogP contribution in [0, 0.1) is 0 Å². The Kier molecular flexibility index (Phi) is 7.51. The molecule has 1 N–H and O–H groups in total. The summed E-state index contributed by atoms with van der Waals surface area (Å²) in [5.74, 6) is 0.636. The van der Waals surface area contributed by atoms with Gasteiger partial charge in [0.05, 0.1) is 12.3 Å². The Labute approximate surface area is 183 Å². The van der Waals surface area contributed by atoms with E-state index in [1.165, 1.54) is 42.0 Å². The lowest BCUT2D eigenvalue weighted by Gasteiger charge is -2.36. The van der Waals surface area contributed by atoms with Gasteiger partial charge in [-0.1, -0.05) is 0 Å². The molecule has 1 aliphatic rings. The Bertz CT molecular complexity index is 967. The monoisotopic (exact) mass is 475 g/mol. The number of rotatable bonds is 8. The van der Waals surface area contributed by atoms with Gasteiger partial charge < -0.3 is 14.7 Å². The number of aromatic nitrogens is 3. The zero-order valence-corrected chi connectivity index (χ0v) is 18.1. The van der Waals surface area contributed by atoms with Gasteiger partial charge in [0.2, 0.25) is 10.0 Å². The molecule has 2 aromatic heterocycles. The summed E-state index contributed by atoms with van der Waals surface area (Å²) in [6, 6.07) is 4.51. The van der Waals surface area contributed by atoms with E-state index in [0.717, 1.165) is 0 Å². The second kappa shape index (κ2) is 9.96. The first-order chi connectivity index (χ1) is 15.1. The second-order valence-electron chi connectivity index (χ2n) is 7.37. The summed E-state index contributed by atoms with van der Waals surface area (Å²) in [5.41, 5.74) is 0. The number of hydrogen-bond acceptors (Lipinski definition) is 8. The van der Waals surface area contributed by atoms with Crippen molar-refractivity contribution in [3.05, 3.63) is 42.6 Å². The number of pyridine rings is 1. The van der Waals surface area contributed by atoms with Gasteiger partial charge in [0, 0.05) is 38.6 Å². The van der Waals surface area contributed by atoms with Crippen LogP contribution in [-0.2, 0) is 10.0 Å². The third-order valence-corrected chi connectivity index (χ3v) is 7.04. The van der Waals surface area contributed by atoms with Crippen molar-refractivity contribution < 1.29 is 31.4 Å². The second-order valence-corrected chi connectivity index (χ2v) is 9.48. The zero-order valence-electron chi connectivity index (χ0n) is 17.3. The van der Waals surface area contributed by atoms with E-state index in [-0.39, 0.29) is 31.1 Å². The van der Waals surface area contributed by atoms with Gasteiger partial charge in [-0.15, -0.1) is 0 Å². The summed E-state index contributed by atoms with van der Waals surface area (Å²) in [4.78, 5) is 14.1. The average Bonchev–Trinajstić information content (AvgIpc) is 2.76. The Balaban J connectivity index is 1.65. The van der Waals surface area contributed by atoms with Crippen LogP contribution in [0.15, 0.2) is 36.8 Å². The molecule has 0 radical (unpaired) electrons. The number of anilines is 1. The molecule has 0 saturated carbocycles. The molecule has 1 fully saturated rings. The Morgan fingerprint density at radius 1 is 1.12 bits per heavy atom. The molecule has 176 valence electrons. The van der Waals surface area contributed by atoms with E-state index < -0.39 is 34.2 Å². The van der Waals surface area contributed by atoms with E-state index >= 15 is 0 Å². The van der Waals surface area contributed by atoms with Crippen LogP contribution in [0.4, 0.5) is 19.0 Å². The minimum Gasteiger partial charge on any atom is -0.483 e. The highest BCUT2D eigenvalue weighted by atomic mass is 32.2. The first-order valence-electron chi connectivity index (χ1n) is 9.91. The largest absolute Gasteiger partial charge is 0.483 e. The van der Waals surface area contributed by atoms with Crippen molar-refractivity contribution in [3.8, 4) is 5.75 Å². The molecule has 3 rings (SSSR count). The van der Waals surface area contributed by atoms with Crippen molar-refractivity contribution in [1.29, 1.82) is 0 Å². The van der Waals surface area contributed by atoms with Crippen LogP contribution < -0.4 is 9.64 Å². The first kappa shape index (κ1) is 24.1. The molecule has 0 bridgehead atoms. The van der Waals surface area contributed by atoms with Gasteiger partial charge in [0.1, 0.15) is 22.6 Å². The molecule has 2 aromatic rings. The molecular weight excluding hydrogens is 451 g/mol. The van der Waals surface area contributed by atoms with Gasteiger partial charge in [-0.3, -0.25) is 0 Å². The molecule has 1 aliphatic heterocycles. The molecular formula is C19H24F3N5O4S. The summed E-state index contributed by atoms with van der Waals surface area (Å²) in [5, 5.41) is 8.74. The smallest absolute Gasteiger partial charge is 0.422 e. The van der Waals surface area contributed by atoms with Crippen LogP contribution in [0.2, 0.25) is 0 Å². The summed E-state index contributed by atoms with van der Waals surface area (Å²) in [6.07, 6.45) is -1.21. The van der Waals surface area contributed by atoms with Crippen LogP contribution in [0.1, 0.15) is 24.4 Å². The van der Waals surface area contributed by atoms with E-state index in [0.29, 0.717) is 18.9 Å². The maximum absolute atomic E-state index is 13.3. The number of halogens is 3. The van der Waals surface area contributed by atoms with Crippen LogP contribution in [0.3, 0.4) is 0 Å². The van der Waals surface area contributed by atoms with Crippen molar-refractivity contribution in [2.45, 2.75) is 30.9 Å². The lowest BCUT2D eigenvalue weighted by atomic mass is 10.2. The third-order valence-electron chi connectivity index (χ3n) is 4.83. The zero-order chi connectivity index (χ0) is 23.4. The van der Waals surface area contributed by atoms with Crippen LogP contribution in [0.5, 0.6) is 5.75 Å². The van der Waals surface area contributed by atoms with Crippen LogP contribution in [0.25, 0.3) is 0 Å². The summed E-state index contributed by atoms with van der Waals surface area (Å²) in [6.45, 7) is 1.15. The molecule has 13 heteroatoms. The molecule has 0 aliphatic carbocycles. The standard InChI is InChI=1S/C19H24F3N5O4S/c1-14(28)11-16(18-23-5-2-6-24-18)32(29,30)27-9-7-26(8-10-27)17-4-3-15(12-25-17)31-13-19(20,21)22/h2-6,12,14,16,28H,7-11,13H2,1H3. The molecule has 2 atom stereocenters. The van der Waals surface area contributed by atoms with Gasteiger partial charge in [-0.25, -0.2) is 23.4 Å². The number of aliphatic hydroxyl groups excluding tert-OH is 1. The number of aliphatic hydroxyl groups is 1. The molecule has 1 saturated heterocycles. The minimum atomic E-state index is -4.43. The lowest BCUT2D eigenvalue weighted by molar-refractivity contribution is -0.153. The van der Waals surface area contributed by atoms with E-state index in [1.54, 1.807) is 6.07 Å². The van der Waals surface area contributed by atoms with Crippen molar-refractivity contribution >= 4 is 15.8 Å². The Hall–Kier alpha value is -2.51. The molecule has 3 heterocycles. The average molecular weight is 475 g/mol. The predicted octanol–water partition coefficient (Wildman–Crippen LogP) is 1.78. The van der Waals surface area contributed by atoms with Crippen molar-refractivity contribution in [2.24, 2.45) is 0 Å². The SMILES string of the molecule is CC(O)CC(c1ncccn1)S(=O)(=O)N1CCN(c2ccc(OCC(F)(F)F)cn2)CC1. The normalized spacial score (nSPS) is 17.7. The lowest BCUT2D eigenvalue weighted by Crippen LogP contribution is -2.50. The summed E-state index contributed by atoms with van der Waals surface area (Å²) in [7, 11) is -3.83. The third kappa shape index (κ3) is 6.26. The maximum atomic E-state index is 13.3. The predicted molar refractivity (Wildman–Crippen MR) is 110 cm³/mol. The quantitative estimate of drug-likeness (QED) is 0.616. The van der Waals surface area contributed by atoms with Crippen molar-refractivity contribution in [2.75, 3.05) is 37.7 Å². The fraction of sp³-hybridized carbons (Fsp3) is 0.526. The van der Waals surface area contributed by atoms with E-state index in [9.17, 15) is 26.7 Å². The van der Waals surface area contributed by atoms with Crippen molar-refractivity contribution in [1.82, 2.24) is 19.3 Å². The minimum absolute atomic E-state index is 0.00360. The molecule has 2 unspecified atom stereocenters. The van der Waals surface area contributed by atoms with Gasteiger partial charge in [-0.05, 0) is 31.5 Å². The van der Waals surface area contributed by atoms with E-state index in [2.05, 4.69) is 19.7 Å². The summed E-state index contributed by atoms with van der Waals surface area (Å²) >= 11 is 0. The van der Waals surface area contributed by atoms with E-state index in [4.69, 9.17) is 0 Å². The highest BCUT2D eigenvalue weighted by molar-refractivity contribution is 7.89. The molecule has 0 amide bonds. The molecule has 32 heavy (non-hydrogen) atoms. The van der Waals surface area contributed by atoms with E-state index in [1.807, 2.05) is 4.90 Å². The first-order valence-corrected chi connectivity index (χ1v) is 11.4. The highest BCUT2D eigenvalue weighted by Gasteiger charge is 2.37. The molecule has 0 aromatic carbocycles. The Morgan fingerprint density at radius 3 is 2.31 bits per heavy atom. The van der Waals surface area contributed by atoms with Gasteiger partial charge in [0.15, 0.2) is 6.61 Å². The fourth-order valence-electron chi connectivity index (χ4n) is 3.31. The number of nitrogens with zero attached hydrogens (tertiary/aromatic N) is 5. The van der Waals surface area contributed by atoms with Crippen LogP contribution in [-0.4, -0.2) is 77.8 Å². The number of piperazine rings is 1. The van der Waals surface area contributed by atoms with Crippen molar-refractivity contribution in [3.63, 3.8) is 0 Å². The number of alkyl halides is 3. The highest BCUT2D eigenvalue weighted by Crippen LogP contribution is 2.29. The summed E-state index contributed by atoms with van der Waals surface area (Å²) < 4.78 is 69.2. The number of ether oxygens (including phenoxy) is 1. The van der Waals surface area contributed by atoms with Gasteiger partial charge >= 0.3 is 6.18 Å². The topological polar surface area (TPSA) is 109 Å². The maximum Gasteiger partial charge on any atom is 0.422 e. The fourth-order valence-corrected chi connectivity index (χ4v) is 5.25.